The van der Waals surface area contributed by atoms with Crippen LogP contribution in [0.1, 0.15) is 59.0 Å². The molecule has 172 valence electrons. The Morgan fingerprint density at radius 3 is 2.79 bits per heavy atom. The third-order valence-electron chi connectivity index (χ3n) is 6.21. The fraction of sp³-hybridized carbons (Fsp3) is 0.435. The Hall–Kier alpha value is -3.03. The number of piperidine rings is 1. The van der Waals surface area contributed by atoms with E-state index in [0.717, 1.165) is 57.2 Å². The summed E-state index contributed by atoms with van der Waals surface area (Å²) in [5.41, 5.74) is 2.26. The van der Waals surface area contributed by atoms with Crippen molar-refractivity contribution >= 4 is 51.0 Å². The predicted molar refractivity (Wildman–Crippen MR) is 133 cm³/mol. The summed E-state index contributed by atoms with van der Waals surface area (Å²) in [5, 5.41) is 27.6. The van der Waals surface area contributed by atoms with Crippen molar-refractivity contribution in [2.75, 3.05) is 23.3 Å². The van der Waals surface area contributed by atoms with Gasteiger partial charge in [0.05, 0.1) is 10.5 Å². The number of benzene rings is 1. The van der Waals surface area contributed by atoms with Gasteiger partial charge < -0.3 is 10.2 Å². The highest BCUT2D eigenvalue weighted by Crippen LogP contribution is 2.39. The van der Waals surface area contributed by atoms with Crippen molar-refractivity contribution in [3.8, 4) is 6.07 Å². The van der Waals surface area contributed by atoms with Crippen LogP contribution in [0.3, 0.4) is 0 Å². The summed E-state index contributed by atoms with van der Waals surface area (Å²) in [6, 6.07) is 6.78. The van der Waals surface area contributed by atoms with Crippen molar-refractivity contribution in [1.82, 2.24) is 5.32 Å². The lowest BCUT2D eigenvalue weighted by molar-refractivity contribution is -0.384. The van der Waals surface area contributed by atoms with Crippen molar-refractivity contribution < 1.29 is 9.72 Å². The largest absolute Gasteiger partial charge is 0.366 e. The Morgan fingerprint density at radius 1 is 1.33 bits per heavy atom. The molecule has 4 rings (SSSR count). The first-order valence-corrected chi connectivity index (χ1v) is 12.3. The first-order valence-electron chi connectivity index (χ1n) is 11.1. The number of nitro benzene ring substituents is 1. The lowest BCUT2D eigenvalue weighted by Gasteiger charge is -2.28. The summed E-state index contributed by atoms with van der Waals surface area (Å²) in [6.07, 6.45) is 5.95. The number of carbonyl (C=O) groups is 1. The number of nitrogens with zero attached hydrogens (tertiary/aromatic N) is 3. The summed E-state index contributed by atoms with van der Waals surface area (Å²) < 4.78 is 0. The van der Waals surface area contributed by atoms with Gasteiger partial charge in [0, 0.05) is 29.6 Å². The second-order valence-electron chi connectivity index (χ2n) is 8.58. The molecule has 1 aromatic heterocycles. The number of thiocarbonyl (C=S) groups is 1. The molecule has 1 amide bonds. The van der Waals surface area contributed by atoms with E-state index in [-0.39, 0.29) is 16.4 Å². The molecule has 1 unspecified atom stereocenters. The minimum atomic E-state index is -0.533. The fourth-order valence-corrected chi connectivity index (χ4v) is 6.10. The Kier molecular flexibility index (Phi) is 6.91. The van der Waals surface area contributed by atoms with Crippen LogP contribution in [0.4, 0.5) is 16.4 Å². The number of rotatable bonds is 4. The zero-order chi connectivity index (χ0) is 23.5. The second kappa shape index (κ2) is 9.85. The smallest absolute Gasteiger partial charge is 0.293 e. The molecule has 33 heavy (non-hydrogen) atoms. The highest BCUT2D eigenvalue weighted by atomic mass is 32.1. The summed E-state index contributed by atoms with van der Waals surface area (Å²) in [7, 11) is 0. The molecule has 1 aromatic carbocycles. The number of fused-ring (bicyclic) bond motifs is 1. The number of nitrogens with one attached hydrogen (secondary N) is 2. The van der Waals surface area contributed by atoms with Gasteiger partial charge >= 0.3 is 0 Å². The average molecular weight is 484 g/mol. The second-order valence-corrected chi connectivity index (χ2v) is 10.1. The molecule has 2 aromatic rings. The zero-order valence-electron chi connectivity index (χ0n) is 18.3. The highest BCUT2D eigenvalue weighted by molar-refractivity contribution is 7.80. The number of hydrogen-bond donors (Lipinski definition) is 2. The molecular formula is C23H25N5O3S2. The van der Waals surface area contributed by atoms with Crippen molar-refractivity contribution in [3.63, 3.8) is 0 Å². The summed E-state index contributed by atoms with van der Waals surface area (Å²) in [5.74, 6) is 0.0418. The molecule has 1 aliphatic carbocycles. The van der Waals surface area contributed by atoms with Crippen molar-refractivity contribution in [2.45, 2.75) is 45.4 Å². The van der Waals surface area contributed by atoms with Crippen molar-refractivity contribution in [1.29, 1.82) is 5.26 Å². The molecule has 8 nitrogen and oxygen atoms in total. The molecule has 1 fully saturated rings. The number of anilines is 2. The van der Waals surface area contributed by atoms with E-state index in [1.165, 1.54) is 22.3 Å². The molecule has 2 heterocycles. The Bertz CT molecular complexity index is 1150. The van der Waals surface area contributed by atoms with E-state index in [1.54, 1.807) is 12.1 Å². The zero-order valence-corrected chi connectivity index (χ0v) is 20.0. The number of hydrogen-bond acceptors (Lipinski definition) is 7. The molecule has 2 N–H and O–H groups in total. The van der Waals surface area contributed by atoms with Crippen LogP contribution in [0.5, 0.6) is 0 Å². The van der Waals surface area contributed by atoms with Gasteiger partial charge in [-0.1, -0.05) is 6.92 Å². The number of carbonyl (C=O) groups excluding carboxylic acids is 1. The molecule has 0 spiro atoms. The van der Waals surface area contributed by atoms with E-state index >= 15 is 0 Å². The molecule has 0 bridgehead atoms. The lowest BCUT2D eigenvalue weighted by atomic mass is 9.89. The Labute approximate surface area is 201 Å². The maximum atomic E-state index is 12.8. The van der Waals surface area contributed by atoms with Crippen LogP contribution in [0.2, 0.25) is 0 Å². The summed E-state index contributed by atoms with van der Waals surface area (Å²) in [4.78, 5) is 27.2. The SMILES string of the molecule is CC1CCc2c(sc(NC(=S)NC(=O)c3ccc(N4CCCCC4)c([N+](=O)[O-])c3)c2C#N)C1. The van der Waals surface area contributed by atoms with Gasteiger partial charge in [-0.3, -0.25) is 20.2 Å². The van der Waals surface area contributed by atoms with E-state index in [9.17, 15) is 20.2 Å². The normalized spacial score (nSPS) is 17.6. The Morgan fingerprint density at radius 2 is 2.09 bits per heavy atom. The molecule has 10 heteroatoms. The number of nitriles is 1. The average Bonchev–Trinajstić information content (AvgIpc) is 3.14. The van der Waals surface area contributed by atoms with E-state index in [0.29, 0.717) is 22.2 Å². The molecule has 2 aliphatic rings. The fourth-order valence-electron chi connectivity index (χ4n) is 4.48. The molecule has 1 atom stereocenters. The number of amides is 1. The summed E-state index contributed by atoms with van der Waals surface area (Å²) in [6.45, 7) is 3.73. The van der Waals surface area contributed by atoms with Crippen LogP contribution < -0.4 is 15.5 Å². The minimum Gasteiger partial charge on any atom is -0.366 e. The van der Waals surface area contributed by atoms with Gasteiger partial charge in [0.1, 0.15) is 16.8 Å². The predicted octanol–water partition coefficient (Wildman–Crippen LogP) is 4.77. The van der Waals surface area contributed by atoms with Crippen LogP contribution in [0.25, 0.3) is 0 Å². The van der Waals surface area contributed by atoms with Gasteiger partial charge in [0.2, 0.25) is 0 Å². The van der Waals surface area contributed by atoms with E-state index in [1.807, 2.05) is 4.90 Å². The van der Waals surface area contributed by atoms with Gasteiger partial charge in [0.15, 0.2) is 5.11 Å². The topological polar surface area (TPSA) is 111 Å². The molecule has 0 saturated carbocycles. The lowest BCUT2D eigenvalue weighted by Crippen LogP contribution is -2.34. The maximum absolute atomic E-state index is 12.8. The van der Waals surface area contributed by atoms with Crippen LogP contribution in [-0.4, -0.2) is 29.0 Å². The Balaban J connectivity index is 1.48. The van der Waals surface area contributed by atoms with E-state index in [4.69, 9.17) is 12.2 Å². The molecule has 1 saturated heterocycles. The van der Waals surface area contributed by atoms with Crippen LogP contribution in [0.15, 0.2) is 18.2 Å². The molecule has 0 radical (unpaired) electrons. The van der Waals surface area contributed by atoms with Gasteiger partial charge in [-0.05, 0) is 74.4 Å². The van der Waals surface area contributed by atoms with E-state index < -0.39 is 10.8 Å². The van der Waals surface area contributed by atoms with Gasteiger partial charge in [-0.15, -0.1) is 11.3 Å². The van der Waals surface area contributed by atoms with E-state index in [2.05, 4.69) is 23.6 Å². The van der Waals surface area contributed by atoms with Crippen molar-refractivity contribution in [3.05, 3.63) is 49.9 Å². The van der Waals surface area contributed by atoms with Gasteiger partial charge in [-0.2, -0.15) is 5.26 Å². The first-order chi connectivity index (χ1) is 15.9. The van der Waals surface area contributed by atoms with Crippen molar-refractivity contribution in [2.24, 2.45) is 5.92 Å². The minimum absolute atomic E-state index is 0.0610. The van der Waals surface area contributed by atoms with Gasteiger partial charge in [-0.25, -0.2) is 0 Å². The molecular weight excluding hydrogens is 458 g/mol. The highest BCUT2D eigenvalue weighted by Gasteiger charge is 2.26. The van der Waals surface area contributed by atoms with Crippen LogP contribution in [0, 0.1) is 27.4 Å². The standard InChI is InChI=1S/C23H25N5O3S2/c1-14-5-7-16-17(13-24)22(33-20(16)11-14)26-23(32)25-21(29)15-6-8-18(19(12-15)28(30)31)27-9-3-2-4-10-27/h6,8,12,14H,2-5,7,9-11H2,1H3,(H2,25,26,29,32). The third kappa shape index (κ3) is 4.99. The third-order valence-corrected chi connectivity index (χ3v) is 7.58. The van der Waals surface area contributed by atoms with Crippen LogP contribution in [-0.2, 0) is 12.8 Å². The van der Waals surface area contributed by atoms with Gasteiger partial charge in [0.25, 0.3) is 11.6 Å². The van der Waals surface area contributed by atoms with Crippen LogP contribution >= 0.6 is 23.6 Å². The monoisotopic (exact) mass is 483 g/mol. The maximum Gasteiger partial charge on any atom is 0.293 e. The molecule has 1 aliphatic heterocycles. The number of nitro groups is 1. The number of thiophene rings is 1. The quantitative estimate of drug-likeness (QED) is 0.366. The first kappa shape index (κ1) is 23.1. The summed E-state index contributed by atoms with van der Waals surface area (Å²) >= 11 is 6.81.